The van der Waals surface area contributed by atoms with Crippen LogP contribution in [0, 0.1) is 17.8 Å². The summed E-state index contributed by atoms with van der Waals surface area (Å²) in [6, 6.07) is -3.98. The van der Waals surface area contributed by atoms with E-state index in [4.69, 9.17) is 28.4 Å². The van der Waals surface area contributed by atoms with Crippen molar-refractivity contribution in [3.05, 3.63) is 0 Å². The monoisotopic (exact) mass is 651 g/mol. The van der Waals surface area contributed by atoms with Gasteiger partial charge in [-0.2, -0.15) is 0 Å². The van der Waals surface area contributed by atoms with Crippen molar-refractivity contribution in [2.45, 2.75) is 78.0 Å². The summed E-state index contributed by atoms with van der Waals surface area (Å²) in [7, 11) is 7.95. The van der Waals surface area contributed by atoms with E-state index in [9.17, 15) is 28.8 Å². The van der Waals surface area contributed by atoms with Crippen molar-refractivity contribution in [3.8, 4) is 0 Å². The van der Waals surface area contributed by atoms with E-state index in [0.717, 1.165) is 14.7 Å². The minimum Gasteiger partial charge on any atom is -0.450 e. The normalized spacial score (nSPS) is 27.1. The Labute approximate surface area is 265 Å². The number of ether oxygens (including phenoxy) is 6. The second-order valence-electron chi connectivity index (χ2n) is 12.1. The fourth-order valence-electron chi connectivity index (χ4n) is 4.58. The third-order valence-corrected chi connectivity index (χ3v) is 7.51. The Morgan fingerprint density at radius 1 is 0.511 bits per heavy atom. The summed E-state index contributed by atoms with van der Waals surface area (Å²) in [6.07, 6.45) is -4.13. The van der Waals surface area contributed by atoms with E-state index in [-0.39, 0.29) is 19.8 Å². The van der Waals surface area contributed by atoms with Crippen molar-refractivity contribution >= 4 is 35.6 Å². The number of amides is 3. The van der Waals surface area contributed by atoms with Crippen molar-refractivity contribution in [1.82, 2.24) is 14.7 Å². The largest absolute Gasteiger partial charge is 0.450 e. The van der Waals surface area contributed by atoms with E-state index < -0.39 is 89.8 Å². The van der Waals surface area contributed by atoms with Crippen molar-refractivity contribution in [1.29, 1.82) is 0 Å². The minimum atomic E-state index is -1.38. The summed E-state index contributed by atoms with van der Waals surface area (Å²) in [4.78, 5) is 84.8. The molecule has 0 aromatic rings. The van der Waals surface area contributed by atoms with Crippen LogP contribution in [0.4, 0.5) is 0 Å². The number of hydrogen-bond acceptors (Lipinski definition) is 12. The van der Waals surface area contributed by atoms with Gasteiger partial charge in [0, 0.05) is 42.5 Å². The molecule has 15 nitrogen and oxygen atoms in total. The molecule has 0 bridgehead atoms. The first-order chi connectivity index (χ1) is 21.0. The second kappa shape index (κ2) is 18.0. The molecule has 0 aliphatic carbocycles. The topological polar surface area (TPSA) is 168 Å². The molecule has 15 heteroatoms. The van der Waals surface area contributed by atoms with Crippen LogP contribution in [0.1, 0.15) is 41.5 Å². The first-order valence-corrected chi connectivity index (χ1v) is 14.8. The van der Waals surface area contributed by atoms with Crippen molar-refractivity contribution in [3.63, 3.8) is 0 Å². The predicted molar refractivity (Wildman–Crippen MR) is 159 cm³/mol. The zero-order valence-electron chi connectivity index (χ0n) is 28.6. The Hall–Kier alpha value is -3.30. The molecule has 1 aliphatic heterocycles. The number of rotatable bonds is 9. The molecule has 45 heavy (non-hydrogen) atoms. The highest BCUT2D eigenvalue weighted by molar-refractivity contribution is 5.94. The molecular formula is C30H51N3O12. The van der Waals surface area contributed by atoms with Crippen molar-refractivity contribution in [2.75, 3.05) is 62.3 Å². The number of cyclic esters (lactones) is 3. The van der Waals surface area contributed by atoms with E-state index in [1.165, 1.54) is 42.5 Å². The van der Waals surface area contributed by atoms with Crippen LogP contribution in [0.25, 0.3) is 0 Å². The maximum absolute atomic E-state index is 13.7. The Balaban J connectivity index is 3.86. The van der Waals surface area contributed by atoms with E-state index >= 15 is 0 Å². The highest BCUT2D eigenvalue weighted by Crippen LogP contribution is 2.21. The van der Waals surface area contributed by atoms with Gasteiger partial charge in [-0.05, 0) is 17.8 Å². The number of hydrogen-bond donors (Lipinski definition) is 0. The Bertz CT molecular complexity index is 921. The van der Waals surface area contributed by atoms with Crippen LogP contribution in [-0.4, -0.2) is 149 Å². The summed E-state index contributed by atoms with van der Waals surface area (Å²) in [5.74, 6) is -6.72. The van der Waals surface area contributed by atoms with Crippen molar-refractivity contribution in [2.24, 2.45) is 17.8 Å². The molecule has 1 rings (SSSR count). The first-order valence-electron chi connectivity index (χ1n) is 14.8. The van der Waals surface area contributed by atoms with Gasteiger partial charge in [0.2, 0.25) is 0 Å². The molecule has 0 spiro atoms. The summed E-state index contributed by atoms with van der Waals surface area (Å²) >= 11 is 0. The maximum Gasteiger partial charge on any atom is 0.332 e. The predicted octanol–water partition coefficient (Wildman–Crippen LogP) is 0.124. The van der Waals surface area contributed by atoms with E-state index in [0.29, 0.717) is 0 Å². The van der Waals surface area contributed by atoms with Crippen LogP contribution in [0.5, 0.6) is 0 Å². The van der Waals surface area contributed by atoms with Crippen molar-refractivity contribution < 1.29 is 57.2 Å². The van der Waals surface area contributed by atoms with Gasteiger partial charge < -0.3 is 43.1 Å². The van der Waals surface area contributed by atoms with Gasteiger partial charge in [0.15, 0.2) is 36.4 Å². The average molecular weight is 652 g/mol. The molecule has 0 aromatic heterocycles. The number of nitrogens with zero attached hydrogens (tertiary/aromatic N) is 3. The maximum atomic E-state index is 13.7. The molecule has 1 heterocycles. The smallest absolute Gasteiger partial charge is 0.332 e. The zero-order valence-corrected chi connectivity index (χ0v) is 28.6. The van der Waals surface area contributed by atoms with Gasteiger partial charge in [-0.15, -0.1) is 0 Å². The summed E-state index contributed by atoms with van der Waals surface area (Å²) < 4.78 is 32.6. The highest BCUT2D eigenvalue weighted by Gasteiger charge is 2.43. The number of esters is 3. The van der Waals surface area contributed by atoms with E-state index in [2.05, 4.69) is 0 Å². The molecule has 0 saturated carbocycles. The number of methoxy groups -OCH3 is 3. The molecule has 1 fully saturated rings. The third kappa shape index (κ3) is 10.1. The van der Waals surface area contributed by atoms with Crippen LogP contribution in [0.3, 0.4) is 0 Å². The van der Waals surface area contributed by atoms with Gasteiger partial charge in [-0.25, -0.2) is 14.4 Å². The van der Waals surface area contributed by atoms with Crippen LogP contribution in [0.15, 0.2) is 0 Å². The van der Waals surface area contributed by atoms with Crippen LogP contribution < -0.4 is 0 Å². The molecule has 6 atom stereocenters. The lowest BCUT2D eigenvalue weighted by Gasteiger charge is -2.36. The van der Waals surface area contributed by atoms with E-state index in [1.54, 1.807) is 41.5 Å². The Kier molecular flexibility index (Phi) is 15.9. The highest BCUT2D eigenvalue weighted by atomic mass is 16.6. The quantitative estimate of drug-likeness (QED) is 0.244. The number of carbonyl (C=O) groups is 6. The third-order valence-electron chi connectivity index (χ3n) is 7.51. The summed E-state index contributed by atoms with van der Waals surface area (Å²) in [5, 5.41) is 0. The standard InChI is InChI=1S/C30H51N3O12/c1-16(2)22-25(34)31(7)20(14-41-11)29(38)44-24(18(5)6)27(36)33(9)21(15-42-12)30(39)45-23(17(3)4)26(35)32(8)19(13-40-10)28(37)43-22/h16-24H,13-15H2,1-12H3/t19-,20-,21-,22+,23+,24+/m0/s1/i7+2,8+2,9+2. The van der Waals surface area contributed by atoms with Gasteiger partial charge in [-0.3, -0.25) is 14.4 Å². The molecule has 1 saturated heterocycles. The summed E-state index contributed by atoms with van der Waals surface area (Å²) in [6.45, 7) is 8.98. The lowest BCUT2D eigenvalue weighted by Crippen LogP contribution is -2.57. The fourth-order valence-corrected chi connectivity index (χ4v) is 4.58. The molecule has 0 unspecified atom stereocenters. The molecule has 1 aliphatic rings. The van der Waals surface area contributed by atoms with Crippen LogP contribution >= 0.6 is 0 Å². The number of carbonyl (C=O) groups excluding carboxylic acids is 6. The second-order valence-corrected chi connectivity index (χ2v) is 12.1. The lowest BCUT2D eigenvalue weighted by molar-refractivity contribution is -0.181. The Morgan fingerprint density at radius 2 is 0.711 bits per heavy atom. The molecule has 3 amide bonds. The lowest BCUT2D eigenvalue weighted by atomic mass is 10.0. The molecule has 0 radical (unpaired) electrons. The number of likely N-dealkylation sites (N-methyl/N-ethyl adjacent to an activating group) is 3. The molecule has 0 N–H and O–H groups in total. The van der Waals surface area contributed by atoms with Gasteiger partial charge >= 0.3 is 17.9 Å². The van der Waals surface area contributed by atoms with Gasteiger partial charge in [0.1, 0.15) is 0 Å². The average Bonchev–Trinajstić information content (AvgIpc) is 2.98. The Morgan fingerprint density at radius 3 is 0.867 bits per heavy atom. The van der Waals surface area contributed by atoms with Gasteiger partial charge in [0.05, 0.1) is 19.8 Å². The molecule has 0 aromatic carbocycles. The molecule has 258 valence electrons. The SMILES string of the molecule is COC[C@H]1C(=O)O[C@H](C(C)C)C(=O)N([14CH3])[C@@H](COC)C(=O)O[C@H](C(C)C)C(=O)N([14CH3])[C@@H](COC)C(=O)O[C@H](C(C)C)C(=O)N1[14CH3]. The fraction of sp³-hybridized carbons (Fsp3) is 0.800. The first kappa shape index (κ1) is 39.7. The zero-order chi connectivity index (χ0) is 34.8. The minimum absolute atomic E-state index is 0.298. The molecular weight excluding hydrogens is 600 g/mol. The van der Waals surface area contributed by atoms with Crippen LogP contribution in [-0.2, 0) is 57.2 Å². The van der Waals surface area contributed by atoms with Gasteiger partial charge in [0.25, 0.3) is 17.7 Å². The summed E-state index contributed by atoms with van der Waals surface area (Å²) in [5.41, 5.74) is 0. The van der Waals surface area contributed by atoms with E-state index in [1.807, 2.05) is 0 Å². The van der Waals surface area contributed by atoms with Crippen LogP contribution in [0.2, 0.25) is 0 Å². The van der Waals surface area contributed by atoms with Gasteiger partial charge in [-0.1, -0.05) is 41.5 Å².